The molecule has 140 valence electrons. The van der Waals surface area contributed by atoms with Gasteiger partial charge in [-0.25, -0.2) is 4.99 Å². The second kappa shape index (κ2) is 6.58. The van der Waals surface area contributed by atoms with Crippen LogP contribution >= 0.6 is 11.8 Å². The molecule has 1 aromatic carbocycles. The molecule has 2 saturated heterocycles. The van der Waals surface area contributed by atoms with Gasteiger partial charge < -0.3 is 14.4 Å². The molecule has 0 aromatic heterocycles. The van der Waals surface area contributed by atoms with Crippen molar-refractivity contribution in [2.45, 2.75) is 30.8 Å². The Kier molecular flexibility index (Phi) is 4.18. The smallest absolute Gasteiger partial charge is 0.268 e. The Morgan fingerprint density at radius 1 is 1.15 bits per heavy atom. The molecular formula is C20H21N3O3S. The maximum absolute atomic E-state index is 12.6. The normalized spacial score (nSPS) is 26.7. The van der Waals surface area contributed by atoms with Crippen LogP contribution in [0.5, 0.6) is 0 Å². The molecule has 0 bridgehead atoms. The van der Waals surface area contributed by atoms with E-state index in [0.717, 1.165) is 42.8 Å². The van der Waals surface area contributed by atoms with Crippen LogP contribution in [0.2, 0.25) is 0 Å². The summed E-state index contributed by atoms with van der Waals surface area (Å²) < 4.78 is 11.6. The molecule has 1 spiro atoms. The topological polar surface area (TPSA) is 63.5 Å². The van der Waals surface area contributed by atoms with Crippen LogP contribution in [0.1, 0.15) is 24.0 Å². The summed E-state index contributed by atoms with van der Waals surface area (Å²) in [6.07, 6.45) is 1.54. The van der Waals surface area contributed by atoms with Gasteiger partial charge in [0.1, 0.15) is 5.25 Å². The van der Waals surface area contributed by atoms with Crippen LogP contribution in [0.15, 0.2) is 39.7 Å². The van der Waals surface area contributed by atoms with Gasteiger partial charge in [-0.1, -0.05) is 24.3 Å². The first kappa shape index (κ1) is 17.2. The summed E-state index contributed by atoms with van der Waals surface area (Å²) in [5.41, 5.74) is 4.18. The van der Waals surface area contributed by atoms with Gasteiger partial charge in [0.25, 0.3) is 5.91 Å². The Morgan fingerprint density at radius 3 is 2.63 bits per heavy atom. The predicted octanol–water partition coefficient (Wildman–Crippen LogP) is 2.63. The lowest BCUT2D eigenvalue weighted by Gasteiger charge is -2.38. The number of amides is 1. The Balaban J connectivity index is 1.41. The van der Waals surface area contributed by atoms with E-state index in [-0.39, 0.29) is 11.2 Å². The highest BCUT2D eigenvalue weighted by Crippen LogP contribution is 2.38. The molecule has 4 aliphatic rings. The van der Waals surface area contributed by atoms with E-state index in [1.54, 1.807) is 0 Å². The molecule has 27 heavy (non-hydrogen) atoms. The van der Waals surface area contributed by atoms with Gasteiger partial charge in [0.2, 0.25) is 5.96 Å². The zero-order valence-corrected chi connectivity index (χ0v) is 16.0. The molecule has 4 aliphatic heterocycles. The first-order valence-corrected chi connectivity index (χ1v) is 10.3. The van der Waals surface area contributed by atoms with Crippen molar-refractivity contribution in [2.75, 3.05) is 26.3 Å². The number of carbonyl (C=O) groups is 1. The molecule has 1 aromatic rings. The molecule has 0 N–H and O–H groups in total. The number of benzene rings is 1. The lowest BCUT2D eigenvalue weighted by molar-refractivity contribution is -0.180. The van der Waals surface area contributed by atoms with Gasteiger partial charge in [0.05, 0.1) is 18.9 Å². The summed E-state index contributed by atoms with van der Waals surface area (Å²) in [6, 6.07) is 8.21. The van der Waals surface area contributed by atoms with Crippen molar-refractivity contribution < 1.29 is 14.3 Å². The number of allylic oxidation sites excluding steroid dienone is 1. The average Bonchev–Trinajstić information content (AvgIpc) is 3.31. The predicted molar refractivity (Wildman–Crippen MR) is 106 cm³/mol. The second-order valence-electron chi connectivity index (χ2n) is 7.20. The third-order valence-electron chi connectivity index (χ3n) is 5.56. The van der Waals surface area contributed by atoms with Crippen LogP contribution in [0.3, 0.4) is 0 Å². The summed E-state index contributed by atoms with van der Waals surface area (Å²) in [4.78, 5) is 23.8. The highest BCUT2D eigenvalue weighted by molar-refractivity contribution is 8.05. The van der Waals surface area contributed by atoms with Gasteiger partial charge in [-0.2, -0.15) is 4.99 Å². The molecule has 5 rings (SSSR count). The second-order valence-corrected chi connectivity index (χ2v) is 8.18. The van der Waals surface area contributed by atoms with E-state index in [2.05, 4.69) is 28.9 Å². The van der Waals surface area contributed by atoms with E-state index >= 15 is 0 Å². The van der Waals surface area contributed by atoms with Crippen molar-refractivity contribution in [1.29, 1.82) is 0 Å². The number of carbonyl (C=O) groups excluding carboxylic acids is 1. The van der Waals surface area contributed by atoms with E-state index in [4.69, 9.17) is 14.5 Å². The summed E-state index contributed by atoms with van der Waals surface area (Å²) in [5.74, 6) is -0.0320. The Morgan fingerprint density at radius 2 is 1.89 bits per heavy atom. The van der Waals surface area contributed by atoms with Crippen LogP contribution in [-0.2, 0) is 14.3 Å². The highest BCUT2D eigenvalue weighted by Gasteiger charge is 2.42. The van der Waals surface area contributed by atoms with Crippen molar-refractivity contribution >= 4 is 34.9 Å². The van der Waals surface area contributed by atoms with Gasteiger partial charge in [-0.05, 0) is 23.5 Å². The zero-order valence-electron chi connectivity index (χ0n) is 15.2. The summed E-state index contributed by atoms with van der Waals surface area (Å²) in [7, 11) is 0. The van der Waals surface area contributed by atoms with E-state index < -0.39 is 5.79 Å². The average molecular weight is 383 g/mol. The number of rotatable bonds is 1. The van der Waals surface area contributed by atoms with Crippen LogP contribution < -0.4 is 0 Å². The Bertz CT molecular complexity index is 876. The maximum Gasteiger partial charge on any atom is 0.268 e. The standard InChI is InChI=1S/C20H21N3O3S/c1-13-4-2-3-5-14(13)15-12-27-17-16(15)21-19(22-18(17)24)23-8-6-20(7-9-23)25-10-11-26-20/h2-5,12,17H,6-11H2,1H3. The molecular weight excluding hydrogens is 362 g/mol. The number of nitrogens with zero attached hydrogens (tertiary/aromatic N) is 3. The Labute approximate surface area is 162 Å². The molecule has 0 radical (unpaired) electrons. The number of fused-ring (bicyclic) bond motifs is 1. The number of piperidine rings is 1. The van der Waals surface area contributed by atoms with Crippen molar-refractivity contribution in [3.8, 4) is 0 Å². The van der Waals surface area contributed by atoms with Crippen molar-refractivity contribution in [3.05, 3.63) is 40.8 Å². The fraction of sp³-hybridized carbons (Fsp3) is 0.450. The molecule has 0 aliphatic carbocycles. The first-order chi connectivity index (χ1) is 13.2. The van der Waals surface area contributed by atoms with Gasteiger partial charge in [0, 0.05) is 31.5 Å². The van der Waals surface area contributed by atoms with Crippen molar-refractivity contribution in [2.24, 2.45) is 9.98 Å². The molecule has 7 heteroatoms. The molecule has 0 saturated carbocycles. The molecule has 4 heterocycles. The Hall–Kier alpha value is -1.96. The first-order valence-electron chi connectivity index (χ1n) is 9.31. The van der Waals surface area contributed by atoms with Crippen LogP contribution in [-0.4, -0.2) is 59.8 Å². The van der Waals surface area contributed by atoms with E-state index in [1.165, 1.54) is 17.3 Å². The largest absolute Gasteiger partial charge is 0.347 e. The van der Waals surface area contributed by atoms with Crippen LogP contribution in [0, 0.1) is 6.92 Å². The lowest BCUT2D eigenvalue weighted by Crippen LogP contribution is -2.48. The fourth-order valence-corrected chi connectivity index (χ4v) is 5.03. The monoisotopic (exact) mass is 383 g/mol. The van der Waals surface area contributed by atoms with Crippen LogP contribution in [0.25, 0.3) is 5.57 Å². The summed E-state index contributed by atoms with van der Waals surface area (Å²) in [5, 5.41) is 1.73. The summed E-state index contributed by atoms with van der Waals surface area (Å²) in [6.45, 7) is 4.85. The number of aryl methyl sites for hydroxylation is 1. The third kappa shape index (κ3) is 2.94. The minimum atomic E-state index is -0.444. The van der Waals surface area contributed by atoms with E-state index in [1.807, 2.05) is 17.5 Å². The molecule has 2 fully saturated rings. The van der Waals surface area contributed by atoms with Crippen LogP contribution in [0.4, 0.5) is 0 Å². The van der Waals surface area contributed by atoms with E-state index in [9.17, 15) is 4.79 Å². The van der Waals surface area contributed by atoms with Gasteiger partial charge in [0.15, 0.2) is 5.79 Å². The van der Waals surface area contributed by atoms with Crippen molar-refractivity contribution in [1.82, 2.24) is 4.90 Å². The number of ether oxygens (including phenoxy) is 2. The number of thioether (sulfide) groups is 1. The molecule has 1 atom stereocenters. The lowest BCUT2D eigenvalue weighted by atomic mass is 9.96. The SMILES string of the molecule is Cc1ccccc1C1=CSC2C(=O)N=C(N3CCC4(CC3)OCCO4)N=C12. The van der Waals surface area contributed by atoms with Crippen molar-refractivity contribution in [3.63, 3.8) is 0 Å². The number of aliphatic imine (C=N–C) groups is 2. The number of likely N-dealkylation sites (tertiary alicyclic amines) is 1. The van der Waals surface area contributed by atoms with Gasteiger partial charge in [-0.3, -0.25) is 4.79 Å². The third-order valence-corrected chi connectivity index (χ3v) is 6.63. The van der Waals surface area contributed by atoms with Gasteiger partial charge >= 0.3 is 0 Å². The molecule has 1 amide bonds. The summed E-state index contributed by atoms with van der Waals surface area (Å²) >= 11 is 1.50. The quantitative estimate of drug-likeness (QED) is 0.746. The van der Waals surface area contributed by atoms with Gasteiger partial charge in [-0.15, -0.1) is 11.8 Å². The number of guanidine groups is 1. The number of hydrogen-bond donors (Lipinski definition) is 0. The highest BCUT2D eigenvalue weighted by atomic mass is 32.2. The number of hydrogen-bond acceptors (Lipinski definition) is 6. The molecule has 6 nitrogen and oxygen atoms in total. The minimum absolute atomic E-state index is 0.117. The van der Waals surface area contributed by atoms with E-state index in [0.29, 0.717) is 19.2 Å². The maximum atomic E-state index is 12.6. The minimum Gasteiger partial charge on any atom is -0.347 e. The fourth-order valence-electron chi connectivity index (χ4n) is 4.04. The molecule has 1 unspecified atom stereocenters. The zero-order chi connectivity index (χ0) is 18.4.